The van der Waals surface area contributed by atoms with Gasteiger partial charge in [0.15, 0.2) is 5.82 Å². The van der Waals surface area contributed by atoms with Gasteiger partial charge in [-0.15, -0.1) is 10.2 Å². The normalized spacial score (nSPS) is 13.2. The Labute approximate surface area is 247 Å². The maximum atomic E-state index is 14.1. The summed E-state index contributed by atoms with van der Waals surface area (Å²) in [6.45, 7) is 0.117. The number of hydrogen-bond donors (Lipinski definition) is 1. The summed E-state index contributed by atoms with van der Waals surface area (Å²) < 4.78 is 44.0. The number of rotatable bonds is 12. The molecule has 0 aliphatic heterocycles. The van der Waals surface area contributed by atoms with Crippen LogP contribution in [0.25, 0.3) is 17.2 Å². The zero-order valence-electron chi connectivity index (χ0n) is 23.9. The second kappa shape index (κ2) is 12.3. The van der Waals surface area contributed by atoms with Gasteiger partial charge in [-0.3, -0.25) is 9.25 Å². The van der Waals surface area contributed by atoms with Gasteiger partial charge in [-0.2, -0.15) is 5.10 Å². The summed E-state index contributed by atoms with van der Waals surface area (Å²) in [7, 11) is -0.473. The fourth-order valence-corrected chi connectivity index (χ4v) is 6.67. The molecule has 14 heteroatoms. The minimum Gasteiger partial charge on any atom is -0.494 e. The van der Waals surface area contributed by atoms with Crippen molar-refractivity contribution in [2.24, 2.45) is 7.05 Å². The Balaban J connectivity index is 1.92. The number of aryl methyl sites for hydroxylation is 1. The number of sulfonamides is 1. The molecule has 222 valence electrons. The van der Waals surface area contributed by atoms with Gasteiger partial charge in [0, 0.05) is 24.8 Å². The smallest absolute Gasteiger partial charge is 0.246 e. The first-order valence-electron chi connectivity index (χ1n) is 12.6. The van der Waals surface area contributed by atoms with Crippen LogP contribution < -0.4 is 13.8 Å². The molecule has 0 spiro atoms. The number of methoxy groups -OCH3 is 2. The second-order valence-electron chi connectivity index (χ2n) is 10.3. The lowest BCUT2D eigenvalue weighted by molar-refractivity contribution is 0.201. The summed E-state index contributed by atoms with van der Waals surface area (Å²) in [6.07, 6.45) is 6.77. The van der Waals surface area contributed by atoms with Crippen LogP contribution in [0.5, 0.6) is 11.5 Å². The molecule has 0 aliphatic rings. The zero-order valence-corrected chi connectivity index (χ0v) is 26.2. The number of nitrogens with zero attached hydrogens (tertiary/aromatic N) is 6. The molecule has 1 atom stereocenters. The van der Waals surface area contributed by atoms with Gasteiger partial charge in [0.05, 0.1) is 26.1 Å². The SMILES string of the molecule is COc1cccc(OC)c1-n1c(-c2ccn(C)n2)nnc1N(CCS(C)(C)C)S(=O)(=O)C[C@@H](O)c1ccc(Cl)cc1. The van der Waals surface area contributed by atoms with Gasteiger partial charge in [0.25, 0.3) is 0 Å². The molecule has 0 amide bonds. The van der Waals surface area contributed by atoms with Crippen molar-refractivity contribution in [2.45, 2.75) is 6.10 Å². The minimum atomic E-state index is -4.16. The fraction of sp³-hybridized carbons (Fsp3) is 0.370. The second-order valence-corrected chi connectivity index (χ2v) is 17.2. The van der Waals surface area contributed by atoms with E-state index in [9.17, 15) is 13.5 Å². The number of anilines is 1. The Morgan fingerprint density at radius 2 is 1.63 bits per heavy atom. The average molecular weight is 623 g/mol. The quantitative estimate of drug-likeness (QED) is 0.252. The first-order valence-corrected chi connectivity index (χ1v) is 17.6. The van der Waals surface area contributed by atoms with Crippen molar-refractivity contribution in [1.29, 1.82) is 0 Å². The van der Waals surface area contributed by atoms with E-state index >= 15 is 0 Å². The van der Waals surface area contributed by atoms with Crippen molar-refractivity contribution in [3.8, 4) is 28.7 Å². The lowest BCUT2D eigenvalue weighted by Crippen LogP contribution is -2.39. The van der Waals surface area contributed by atoms with E-state index in [-0.39, 0.29) is 12.5 Å². The first-order chi connectivity index (χ1) is 19.3. The number of ether oxygens (including phenoxy) is 2. The lowest BCUT2D eigenvalue weighted by atomic mass is 10.1. The molecular weight excluding hydrogens is 588 g/mol. The van der Waals surface area contributed by atoms with Crippen LogP contribution in [0, 0.1) is 0 Å². The van der Waals surface area contributed by atoms with Crippen LogP contribution in [0.15, 0.2) is 54.7 Å². The molecule has 2 aromatic heterocycles. The molecule has 11 nitrogen and oxygen atoms in total. The van der Waals surface area contributed by atoms with Gasteiger partial charge in [0.2, 0.25) is 16.0 Å². The van der Waals surface area contributed by atoms with E-state index in [1.165, 1.54) is 18.5 Å². The largest absolute Gasteiger partial charge is 0.494 e. The predicted octanol–water partition coefficient (Wildman–Crippen LogP) is 3.90. The highest BCUT2D eigenvalue weighted by Gasteiger charge is 2.34. The average Bonchev–Trinajstić information content (AvgIpc) is 3.53. The molecule has 0 fully saturated rings. The third kappa shape index (κ3) is 6.97. The molecule has 0 saturated heterocycles. The van der Waals surface area contributed by atoms with Gasteiger partial charge in [-0.1, -0.05) is 29.8 Å². The summed E-state index contributed by atoms with van der Waals surface area (Å²) >= 11 is 5.99. The highest BCUT2D eigenvalue weighted by atomic mass is 35.5. The lowest BCUT2D eigenvalue weighted by Gasteiger charge is -2.31. The first kappa shape index (κ1) is 30.7. The molecule has 41 heavy (non-hydrogen) atoms. The summed E-state index contributed by atoms with van der Waals surface area (Å²) in [6, 6.07) is 13.4. The van der Waals surface area contributed by atoms with Crippen LogP contribution in [0.1, 0.15) is 11.7 Å². The third-order valence-electron chi connectivity index (χ3n) is 6.30. The van der Waals surface area contributed by atoms with Gasteiger partial charge >= 0.3 is 0 Å². The van der Waals surface area contributed by atoms with Gasteiger partial charge in [-0.05, 0) is 60.4 Å². The Morgan fingerprint density at radius 3 is 2.17 bits per heavy atom. The number of para-hydroxylation sites is 1. The number of aliphatic hydroxyl groups excluding tert-OH is 1. The van der Waals surface area contributed by atoms with E-state index in [4.69, 9.17) is 21.1 Å². The van der Waals surface area contributed by atoms with E-state index in [0.29, 0.717) is 45.0 Å². The van der Waals surface area contributed by atoms with Crippen molar-refractivity contribution in [3.05, 3.63) is 65.3 Å². The van der Waals surface area contributed by atoms with E-state index in [1.807, 2.05) is 0 Å². The Kier molecular flexibility index (Phi) is 9.22. The van der Waals surface area contributed by atoms with E-state index in [0.717, 1.165) is 0 Å². The summed E-state index contributed by atoms with van der Waals surface area (Å²) in [5, 5.41) is 24.7. The topological polar surface area (TPSA) is 125 Å². The maximum absolute atomic E-state index is 14.1. The van der Waals surface area contributed by atoms with Crippen LogP contribution >= 0.6 is 21.6 Å². The van der Waals surface area contributed by atoms with Gasteiger partial charge in [-0.25, -0.2) is 22.8 Å². The van der Waals surface area contributed by atoms with Crippen LogP contribution in [0.2, 0.25) is 5.02 Å². The molecule has 4 rings (SSSR count). The van der Waals surface area contributed by atoms with Crippen molar-refractivity contribution < 1.29 is 23.0 Å². The molecule has 0 aliphatic carbocycles. The van der Waals surface area contributed by atoms with Crippen molar-refractivity contribution >= 4 is 37.6 Å². The standard InChI is InChI=1S/C27H35ClN6O5S2/c1-32-15-14-21(31-32)26-29-30-27(34(26)25-23(38-2)8-7-9-24(25)39-3)33(16-17-40(4,5)6)41(36,37)18-22(35)19-10-12-20(28)13-11-19/h7-15,22,35H,16-18H2,1-6H3/t22-/m1/s1. The number of halogens is 1. The van der Waals surface area contributed by atoms with Crippen molar-refractivity contribution in [1.82, 2.24) is 24.5 Å². The fourth-order valence-electron chi connectivity index (χ4n) is 4.19. The Morgan fingerprint density at radius 1 is 1.00 bits per heavy atom. The highest BCUT2D eigenvalue weighted by molar-refractivity contribution is 8.32. The summed E-state index contributed by atoms with van der Waals surface area (Å²) in [5.41, 5.74) is 1.32. The molecule has 1 N–H and O–H groups in total. The number of hydrogen-bond acceptors (Lipinski definition) is 8. The predicted molar refractivity (Wildman–Crippen MR) is 164 cm³/mol. The number of aliphatic hydroxyl groups is 1. The van der Waals surface area contributed by atoms with E-state index < -0.39 is 31.9 Å². The molecule has 2 aromatic carbocycles. The zero-order chi connectivity index (χ0) is 29.9. The van der Waals surface area contributed by atoms with Crippen molar-refractivity contribution in [3.63, 3.8) is 0 Å². The molecule has 0 saturated carbocycles. The maximum Gasteiger partial charge on any atom is 0.246 e. The number of benzene rings is 2. The van der Waals surface area contributed by atoms with E-state index in [1.54, 1.807) is 71.0 Å². The Bertz CT molecular complexity index is 1580. The van der Waals surface area contributed by atoms with Crippen LogP contribution in [0.4, 0.5) is 5.95 Å². The highest BCUT2D eigenvalue weighted by Crippen LogP contribution is 2.40. The summed E-state index contributed by atoms with van der Waals surface area (Å²) in [4.78, 5) is 0. The van der Waals surface area contributed by atoms with E-state index in [2.05, 4.69) is 34.1 Å². The van der Waals surface area contributed by atoms with Gasteiger partial charge in [0.1, 0.15) is 22.9 Å². The van der Waals surface area contributed by atoms with Crippen molar-refractivity contribution in [2.75, 3.05) is 55.3 Å². The molecule has 0 radical (unpaired) electrons. The molecular formula is C27H35ClN6O5S2. The Hall–Kier alpha value is -3.26. The minimum absolute atomic E-state index is 0.0282. The number of aromatic nitrogens is 5. The van der Waals surface area contributed by atoms with Gasteiger partial charge < -0.3 is 14.6 Å². The molecule has 0 unspecified atom stereocenters. The van der Waals surface area contributed by atoms with Crippen LogP contribution in [0.3, 0.4) is 0 Å². The summed E-state index contributed by atoms with van der Waals surface area (Å²) in [5.74, 6) is 1.16. The third-order valence-corrected chi connectivity index (χ3v) is 9.72. The van der Waals surface area contributed by atoms with Crippen LogP contribution in [-0.2, 0) is 17.1 Å². The van der Waals surface area contributed by atoms with Crippen LogP contribution in [-0.4, -0.2) is 89.1 Å². The monoisotopic (exact) mass is 622 g/mol. The molecule has 0 bridgehead atoms. The molecule has 2 heterocycles. The molecule has 4 aromatic rings.